The highest BCUT2D eigenvalue weighted by atomic mass is 32.2. The third kappa shape index (κ3) is 7.96. The highest BCUT2D eigenvalue weighted by Crippen LogP contribution is 2.36. The zero-order chi connectivity index (χ0) is 28.5. The van der Waals surface area contributed by atoms with Crippen molar-refractivity contribution in [2.45, 2.75) is 104 Å². The number of carbonyl (C=O) groups excluding carboxylic acids is 1. The van der Waals surface area contributed by atoms with Crippen LogP contribution < -0.4 is 10.5 Å². The molecule has 2 unspecified atom stereocenters. The normalized spacial score (nSPS) is 20.8. The molecule has 1 amide bonds. The van der Waals surface area contributed by atoms with Gasteiger partial charge in [-0.3, -0.25) is 19.1 Å². The van der Waals surface area contributed by atoms with E-state index in [4.69, 9.17) is 17.0 Å². The van der Waals surface area contributed by atoms with Crippen LogP contribution in [0.1, 0.15) is 102 Å². The van der Waals surface area contributed by atoms with E-state index < -0.39 is 0 Å². The molecule has 0 aliphatic carbocycles. The number of aromatic nitrogens is 1. The molecule has 9 heteroatoms. The minimum absolute atomic E-state index is 0.00748. The van der Waals surface area contributed by atoms with E-state index in [1.54, 1.807) is 18.9 Å². The molecule has 0 bridgehead atoms. The number of unbranched alkanes of at least 4 members (excludes halogenated alkanes) is 9. The van der Waals surface area contributed by atoms with Crippen molar-refractivity contribution in [3.63, 3.8) is 0 Å². The van der Waals surface area contributed by atoms with Crippen LogP contribution in [0.5, 0.6) is 0 Å². The van der Waals surface area contributed by atoms with Gasteiger partial charge in [0.15, 0.2) is 0 Å². The zero-order valence-electron chi connectivity index (χ0n) is 24.3. The first-order valence-electron chi connectivity index (χ1n) is 14.5. The van der Waals surface area contributed by atoms with E-state index in [0.29, 0.717) is 40.2 Å². The summed E-state index contributed by atoms with van der Waals surface area (Å²) in [6, 6.07) is 2.07. The van der Waals surface area contributed by atoms with Crippen molar-refractivity contribution in [2.24, 2.45) is 7.05 Å². The van der Waals surface area contributed by atoms with Crippen LogP contribution in [0.4, 0.5) is 5.82 Å². The molecule has 0 saturated carbocycles. The minimum Gasteiger partial charge on any atom is -0.372 e. The van der Waals surface area contributed by atoms with Crippen molar-refractivity contribution in [1.29, 1.82) is 5.26 Å². The predicted molar refractivity (Wildman–Crippen MR) is 165 cm³/mol. The maximum absolute atomic E-state index is 13.4. The number of nitrogens with zero attached hydrogens (tertiary/aromatic N) is 4. The molecule has 0 spiro atoms. The second-order valence-corrected chi connectivity index (χ2v) is 12.6. The second kappa shape index (κ2) is 15.0. The summed E-state index contributed by atoms with van der Waals surface area (Å²) in [5.41, 5.74) is 1.07. The third-order valence-corrected chi connectivity index (χ3v) is 8.95. The summed E-state index contributed by atoms with van der Waals surface area (Å²) >= 11 is 6.89. The summed E-state index contributed by atoms with van der Waals surface area (Å²) in [5, 5.41) is 9.73. The summed E-state index contributed by atoms with van der Waals surface area (Å²) in [4.78, 5) is 30.8. The molecule has 3 rings (SSSR count). The number of hydrogen-bond donors (Lipinski definition) is 0. The molecule has 2 atom stereocenters. The number of rotatable bonds is 13. The van der Waals surface area contributed by atoms with Gasteiger partial charge in [-0.1, -0.05) is 88.7 Å². The van der Waals surface area contributed by atoms with Gasteiger partial charge in [-0.15, -0.1) is 0 Å². The number of anilines is 1. The zero-order valence-corrected chi connectivity index (χ0v) is 25.9. The number of pyridine rings is 1. The molecule has 1 aromatic heterocycles. The highest BCUT2D eigenvalue weighted by Gasteiger charge is 2.33. The minimum atomic E-state index is -0.331. The lowest BCUT2D eigenvalue weighted by Crippen LogP contribution is -2.47. The number of thioether (sulfide) groups is 1. The van der Waals surface area contributed by atoms with Gasteiger partial charge >= 0.3 is 0 Å². The van der Waals surface area contributed by atoms with Crippen LogP contribution in [0.15, 0.2) is 9.70 Å². The van der Waals surface area contributed by atoms with E-state index in [1.807, 2.05) is 19.9 Å². The van der Waals surface area contributed by atoms with E-state index in [9.17, 15) is 14.9 Å². The van der Waals surface area contributed by atoms with E-state index in [1.165, 1.54) is 67.7 Å². The van der Waals surface area contributed by atoms with Crippen LogP contribution >= 0.6 is 24.0 Å². The largest absolute Gasteiger partial charge is 0.372 e. The number of hydrogen-bond acceptors (Lipinski definition) is 7. The summed E-state index contributed by atoms with van der Waals surface area (Å²) in [6.07, 6.45) is 14.2. The molecule has 2 aliphatic heterocycles. The summed E-state index contributed by atoms with van der Waals surface area (Å²) < 4.78 is 8.01. The average Bonchev–Trinajstić information content (AvgIpc) is 3.15. The van der Waals surface area contributed by atoms with Crippen molar-refractivity contribution in [3.8, 4) is 6.07 Å². The molecule has 7 nitrogen and oxygen atoms in total. The fourth-order valence-electron chi connectivity index (χ4n) is 5.53. The summed E-state index contributed by atoms with van der Waals surface area (Å²) in [7, 11) is 1.69. The van der Waals surface area contributed by atoms with Gasteiger partial charge in [0.05, 0.1) is 17.1 Å². The van der Waals surface area contributed by atoms with Crippen LogP contribution in [-0.2, 0) is 16.6 Å². The Balaban J connectivity index is 1.72. The average molecular weight is 573 g/mol. The lowest BCUT2D eigenvalue weighted by molar-refractivity contribution is -0.122. The Kier molecular flexibility index (Phi) is 12.1. The van der Waals surface area contributed by atoms with Crippen LogP contribution in [0.2, 0.25) is 0 Å². The number of nitriles is 1. The fraction of sp³-hybridized carbons (Fsp3) is 0.667. The highest BCUT2D eigenvalue weighted by molar-refractivity contribution is 8.26. The van der Waals surface area contributed by atoms with E-state index in [0.717, 1.165) is 18.4 Å². The van der Waals surface area contributed by atoms with Gasteiger partial charge in [0.25, 0.3) is 11.5 Å². The van der Waals surface area contributed by atoms with Crippen molar-refractivity contribution in [3.05, 3.63) is 31.9 Å². The van der Waals surface area contributed by atoms with Gasteiger partial charge in [0.2, 0.25) is 0 Å². The Bertz CT molecular complexity index is 1160. The van der Waals surface area contributed by atoms with Crippen LogP contribution in [0.3, 0.4) is 0 Å². The van der Waals surface area contributed by atoms with Crippen LogP contribution in [-0.4, -0.2) is 51.5 Å². The molecule has 3 heterocycles. The SMILES string of the molecule is CCCCCCCCCCCCN1C(=O)/C(=C\c2c(C)c(C#N)c(=O)n(C)c2N2CC(C)OC(C)C2)SC1=S. The fourth-order valence-corrected chi connectivity index (χ4v) is 6.82. The number of amides is 1. The molecule has 0 aromatic carbocycles. The van der Waals surface area contributed by atoms with E-state index in [-0.39, 0.29) is 29.2 Å². The van der Waals surface area contributed by atoms with Crippen molar-refractivity contribution >= 4 is 46.1 Å². The van der Waals surface area contributed by atoms with Gasteiger partial charge in [-0.25, -0.2) is 0 Å². The summed E-state index contributed by atoms with van der Waals surface area (Å²) in [5.74, 6) is 0.612. The molecule has 214 valence electrons. The second-order valence-electron chi connectivity index (χ2n) is 10.9. The Morgan fingerprint density at radius 2 is 1.59 bits per heavy atom. The Morgan fingerprint density at radius 1 is 1.03 bits per heavy atom. The van der Waals surface area contributed by atoms with Gasteiger partial charge in [0, 0.05) is 32.2 Å². The summed E-state index contributed by atoms with van der Waals surface area (Å²) in [6.45, 7) is 9.90. The molecule has 39 heavy (non-hydrogen) atoms. The topological polar surface area (TPSA) is 78.6 Å². The molecule has 0 N–H and O–H groups in total. The molecular formula is C30H44N4O3S2. The standard InChI is InChI=1S/C30H44N4O3S2/c1-6-7-8-9-10-11-12-13-14-15-16-34-29(36)26(39-30(34)38)17-24-23(4)25(18-31)28(35)32(5)27(24)33-19-21(2)37-22(3)20-33/h17,21-22H,6-16,19-20H2,1-5H3/b26-17+. The molecule has 0 radical (unpaired) electrons. The lowest BCUT2D eigenvalue weighted by Gasteiger charge is -2.38. The van der Waals surface area contributed by atoms with Crippen LogP contribution in [0, 0.1) is 18.3 Å². The monoisotopic (exact) mass is 572 g/mol. The maximum Gasteiger partial charge on any atom is 0.270 e. The van der Waals surface area contributed by atoms with Gasteiger partial charge in [-0.2, -0.15) is 5.26 Å². The smallest absolute Gasteiger partial charge is 0.270 e. The molecule has 1 aromatic rings. The Morgan fingerprint density at radius 3 is 2.15 bits per heavy atom. The van der Waals surface area contributed by atoms with Gasteiger partial charge in [0.1, 0.15) is 21.8 Å². The first-order chi connectivity index (χ1) is 18.7. The number of ether oxygens (including phenoxy) is 1. The van der Waals surface area contributed by atoms with E-state index >= 15 is 0 Å². The van der Waals surface area contributed by atoms with E-state index in [2.05, 4.69) is 17.9 Å². The van der Waals surface area contributed by atoms with Crippen molar-refractivity contribution in [2.75, 3.05) is 24.5 Å². The number of thiocarbonyl (C=S) groups is 1. The molecule has 2 fully saturated rings. The van der Waals surface area contributed by atoms with Crippen LogP contribution in [0.25, 0.3) is 6.08 Å². The maximum atomic E-state index is 13.4. The predicted octanol–water partition coefficient (Wildman–Crippen LogP) is 6.30. The van der Waals surface area contributed by atoms with Crippen molar-refractivity contribution < 1.29 is 9.53 Å². The lowest BCUT2D eigenvalue weighted by atomic mass is 10.0. The number of carbonyl (C=O) groups is 1. The first kappa shape index (κ1) is 31.4. The molecule has 2 saturated heterocycles. The third-order valence-electron chi connectivity index (χ3n) is 7.57. The Hall–Kier alpha value is -2.15. The molecular weight excluding hydrogens is 528 g/mol. The molecule has 2 aliphatic rings. The quantitative estimate of drug-likeness (QED) is 0.156. The number of morpholine rings is 1. The van der Waals surface area contributed by atoms with Gasteiger partial charge < -0.3 is 9.64 Å². The van der Waals surface area contributed by atoms with Crippen molar-refractivity contribution in [1.82, 2.24) is 9.47 Å². The Labute approximate surface area is 243 Å². The van der Waals surface area contributed by atoms with Gasteiger partial charge in [-0.05, 0) is 38.8 Å². The first-order valence-corrected chi connectivity index (χ1v) is 15.7.